The van der Waals surface area contributed by atoms with Gasteiger partial charge in [0.05, 0.1) is 17.9 Å². The van der Waals surface area contributed by atoms with Crippen molar-refractivity contribution in [2.45, 2.75) is 63.2 Å². The van der Waals surface area contributed by atoms with E-state index in [-0.39, 0.29) is 47.6 Å². The van der Waals surface area contributed by atoms with Crippen molar-refractivity contribution in [3.63, 3.8) is 0 Å². The van der Waals surface area contributed by atoms with E-state index in [0.29, 0.717) is 11.6 Å². The molecular formula is C24H24F4N4O3. The van der Waals surface area contributed by atoms with Crippen LogP contribution in [-0.2, 0) is 11.3 Å². The summed E-state index contributed by atoms with van der Waals surface area (Å²) in [6.45, 7) is 1.33. The second-order valence-corrected chi connectivity index (χ2v) is 9.19. The zero-order valence-electron chi connectivity index (χ0n) is 19.0. The molecule has 0 bridgehead atoms. The minimum Gasteiger partial charge on any atom is -0.469 e. The van der Waals surface area contributed by atoms with Crippen molar-refractivity contribution < 1.29 is 31.6 Å². The van der Waals surface area contributed by atoms with Crippen molar-refractivity contribution in [1.29, 1.82) is 0 Å². The van der Waals surface area contributed by atoms with Gasteiger partial charge in [-0.1, -0.05) is 0 Å². The molecule has 2 aliphatic rings. The van der Waals surface area contributed by atoms with Crippen molar-refractivity contribution in [2.75, 3.05) is 11.9 Å². The first-order chi connectivity index (χ1) is 16.7. The maximum absolute atomic E-state index is 14.6. The molecule has 7 nitrogen and oxygen atoms in total. The molecule has 3 aromatic rings. The lowest BCUT2D eigenvalue weighted by Gasteiger charge is -2.37. The fraction of sp³-hybridized carbons (Fsp3) is 0.458. The largest absolute Gasteiger partial charge is 0.469 e. The number of nitrogens with one attached hydrogen (secondary N) is 1. The van der Waals surface area contributed by atoms with E-state index in [0.717, 1.165) is 37.5 Å². The summed E-state index contributed by atoms with van der Waals surface area (Å²) in [4.78, 5) is 8.41. The third-order valence-corrected chi connectivity index (χ3v) is 6.37. The van der Waals surface area contributed by atoms with Gasteiger partial charge in [0.25, 0.3) is 11.8 Å². The summed E-state index contributed by atoms with van der Waals surface area (Å²) in [7, 11) is 0. The van der Waals surface area contributed by atoms with Crippen LogP contribution in [-0.4, -0.2) is 33.3 Å². The fourth-order valence-corrected chi connectivity index (χ4v) is 4.27. The smallest absolute Gasteiger partial charge is 0.271 e. The third-order valence-electron chi connectivity index (χ3n) is 6.37. The second kappa shape index (κ2) is 9.10. The van der Waals surface area contributed by atoms with E-state index in [1.807, 2.05) is 6.92 Å². The Morgan fingerprint density at radius 2 is 1.97 bits per heavy atom. The number of aromatic nitrogens is 3. The number of halogens is 4. The molecule has 0 spiro atoms. The van der Waals surface area contributed by atoms with Gasteiger partial charge in [0.2, 0.25) is 0 Å². The van der Waals surface area contributed by atoms with Gasteiger partial charge in [0, 0.05) is 18.1 Å². The lowest BCUT2D eigenvalue weighted by molar-refractivity contribution is -0.146. The van der Waals surface area contributed by atoms with E-state index in [2.05, 4.69) is 20.4 Å². The number of anilines is 1. The first-order valence-corrected chi connectivity index (χ1v) is 11.4. The van der Waals surface area contributed by atoms with Crippen LogP contribution in [0.4, 0.5) is 23.2 Å². The molecule has 1 aromatic carbocycles. The van der Waals surface area contributed by atoms with Gasteiger partial charge in [-0.15, -0.1) is 0 Å². The summed E-state index contributed by atoms with van der Waals surface area (Å²) in [6.07, 6.45) is 2.98. The maximum Gasteiger partial charge on any atom is 0.271 e. The number of hydrogen-bond acceptors (Lipinski definition) is 7. The van der Waals surface area contributed by atoms with Crippen molar-refractivity contribution in [3.05, 3.63) is 53.7 Å². The van der Waals surface area contributed by atoms with Crippen LogP contribution < -0.4 is 10.1 Å². The van der Waals surface area contributed by atoms with Crippen LogP contribution in [0.15, 0.2) is 35.1 Å². The van der Waals surface area contributed by atoms with Crippen LogP contribution in [0, 0.1) is 11.6 Å². The Morgan fingerprint density at radius 1 is 1.14 bits per heavy atom. The molecule has 3 heterocycles. The third kappa shape index (κ3) is 5.09. The van der Waals surface area contributed by atoms with Crippen LogP contribution in [0.25, 0.3) is 11.3 Å². The SMILES string of the molecule is CC1(Oc2cc(CNc3c(-c4cc(F)ccc4F)ncnc3C3CCC(F)(F)CO3)on2)CCC1. The van der Waals surface area contributed by atoms with Crippen LogP contribution in [0.1, 0.15) is 56.6 Å². The molecular weight excluding hydrogens is 468 g/mol. The number of nitrogens with zero attached hydrogens (tertiary/aromatic N) is 3. The highest BCUT2D eigenvalue weighted by atomic mass is 19.3. The molecule has 1 aliphatic heterocycles. The van der Waals surface area contributed by atoms with E-state index >= 15 is 0 Å². The molecule has 0 amide bonds. The number of hydrogen-bond donors (Lipinski definition) is 1. The number of benzene rings is 1. The highest BCUT2D eigenvalue weighted by molar-refractivity contribution is 5.76. The predicted molar refractivity (Wildman–Crippen MR) is 117 cm³/mol. The van der Waals surface area contributed by atoms with Crippen molar-refractivity contribution in [1.82, 2.24) is 15.1 Å². The number of ether oxygens (including phenoxy) is 2. The summed E-state index contributed by atoms with van der Waals surface area (Å²) >= 11 is 0. The molecule has 1 unspecified atom stereocenters. The van der Waals surface area contributed by atoms with Crippen LogP contribution >= 0.6 is 0 Å². The second-order valence-electron chi connectivity index (χ2n) is 9.19. The average molecular weight is 492 g/mol. The first kappa shape index (κ1) is 23.5. The summed E-state index contributed by atoms with van der Waals surface area (Å²) in [5, 5.41) is 7.04. The van der Waals surface area contributed by atoms with Gasteiger partial charge in [0.15, 0.2) is 5.76 Å². The number of rotatable bonds is 7. The molecule has 5 rings (SSSR count). The van der Waals surface area contributed by atoms with Crippen molar-refractivity contribution in [3.8, 4) is 17.1 Å². The average Bonchev–Trinajstić information content (AvgIpc) is 3.25. The Balaban J connectivity index is 1.44. The summed E-state index contributed by atoms with van der Waals surface area (Å²) in [5.41, 5.74) is 0.219. The Labute approximate surface area is 198 Å². The lowest BCUT2D eigenvalue weighted by Crippen LogP contribution is -2.39. The molecule has 2 aromatic heterocycles. The van der Waals surface area contributed by atoms with Gasteiger partial charge in [-0.25, -0.2) is 27.5 Å². The van der Waals surface area contributed by atoms with Crippen LogP contribution in [0.5, 0.6) is 5.88 Å². The van der Waals surface area contributed by atoms with Crippen molar-refractivity contribution >= 4 is 5.69 Å². The molecule has 1 aliphatic carbocycles. The molecule has 2 fully saturated rings. The van der Waals surface area contributed by atoms with Gasteiger partial charge >= 0.3 is 0 Å². The van der Waals surface area contributed by atoms with Crippen LogP contribution in [0.3, 0.4) is 0 Å². The molecule has 1 saturated carbocycles. The van der Waals surface area contributed by atoms with E-state index in [1.54, 1.807) is 6.07 Å². The Bertz CT molecular complexity index is 1210. The van der Waals surface area contributed by atoms with Crippen molar-refractivity contribution in [2.24, 2.45) is 0 Å². The molecule has 186 valence electrons. The predicted octanol–water partition coefficient (Wildman–Crippen LogP) is 5.83. The Kier molecular flexibility index (Phi) is 6.12. The molecule has 35 heavy (non-hydrogen) atoms. The highest BCUT2D eigenvalue weighted by Crippen LogP contribution is 2.41. The lowest BCUT2D eigenvalue weighted by atomic mass is 9.82. The fourth-order valence-electron chi connectivity index (χ4n) is 4.27. The van der Waals surface area contributed by atoms with E-state index in [4.69, 9.17) is 14.0 Å². The molecule has 1 saturated heterocycles. The molecule has 1 atom stereocenters. The van der Waals surface area contributed by atoms with Gasteiger partial charge in [-0.3, -0.25) is 0 Å². The molecule has 0 radical (unpaired) electrons. The van der Waals surface area contributed by atoms with Gasteiger partial charge in [-0.05, 0) is 56.0 Å². The number of alkyl halides is 2. The standard InChI is InChI=1S/C24H24F4N4O3/c1-23(6-2-7-23)34-19-10-15(35-32-19)11-29-22-20(16-9-14(25)3-4-17(16)26)30-13-31-21(22)18-5-8-24(27,28)12-33-18/h3-4,9-10,13,18,29H,2,5-8,11-12H2,1H3. The minimum absolute atomic E-state index is 0.00262. The molecule has 11 heteroatoms. The first-order valence-electron chi connectivity index (χ1n) is 11.4. The summed E-state index contributed by atoms with van der Waals surface area (Å²) < 4.78 is 72.6. The van der Waals surface area contributed by atoms with Gasteiger partial charge in [-0.2, -0.15) is 0 Å². The Morgan fingerprint density at radius 3 is 2.69 bits per heavy atom. The van der Waals surface area contributed by atoms with Crippen LogP contribution in [0.2, 0.25) is 0 Å². The monoisotopic (exact) mass is 492 g/mol. The quantitative estimate of drug-likeness (QED) is 0.416. The van der Waals surface area contributed by atoms with Gasteiger partial charge < -0.3 is 19.3 Å². The maximum atomic E-state index is 14.6. The van der Waals surface area contributed by atoms with E-state index in [1.165, 1.54) is 6.33 Å². The summed E-state index contributed by atoms with van der Waals surface area (Å²) in [6, 6.07) is 4.65. The Hall–Kier alpha value is -3.21. The summed E-state index contributed by atoms with van der Waals surface area (Å²) in [5.74, 6) is -3.51. The van der Waals surface area contributed by atoms with E-state index < -0.39 is 30.3 Å². The zero-order valence-corrected chi connectivity index (χ0v) is 19.0. The van der Waals surface area contributed by atoms with Gasteiger partial charge in [0.1, 0.15) is 42.0 Å². The molecule has 1 N–H and O–H groups in total. The normalized spacial score (nSPS) is 20.8. The topological polar surface area (TPSA) is 82.3 Å². The minimum atomic E-state index is -2.93. The van der Waals surface area contributed by atoms with E-state index in [9.17, 15) is 17.6 Å². The highest BCUT2D eigenvalue weighted by Gasteiger charge is 2.38. The zero-order chi connectivity index (χ0) is 24.6.